The number of hydrogen-bond acceptors (Lipinski definition) is 6. The van der Waals surface area contributed by atoms with Crippen LogP contribution in [0, 0.1) is 0 Å². The smallest absolute Gasteiger partial charge is 0.328 e. The van der Waals surface area contributed by atoms with Crippen molar-refractivity contribution in [2.75, 3.05) is 6.54 Å². The predicted octanol–water partition coefficient (Wildman–Crippen LogP) is 1.99. The molecule has 0 atom stereocenters. The van der Waals surface area contributed by atoms with Gasteiger partial charge < -0.3 is 5.11 Å². The molecule has 154 valence electrons. The standard InChI is InChI=1S/C21H25N3O5/c1-2-3-4-5-6-9-12-22-21(15-18(27)23-20(29)24-19(15)28)16(25)13-10-7-8-11-14(13)17(21)26/h7-8,10-11,22H,2-6,9,12H2,1H3,(H3,23,24,27,28,29). The molecule has 1 aliphatic rings. The lowest BCUT2D eigenvalue weighted by atomic mass is 9.85. The lowest BCUT2D eigenvalue weighted by Gasteiger charge is -2.27. The summed E-state index contributed by atoms with van der Waals surface area (Å²) >= 11 is 0. The summed E-state index contributed by atoms with van der Waals surface area (Å²) in [6.07, 6.45) is 6.05. The third-order valence-corrected chi connectivity index (χ3v) is 5.32. The second-order valence-electron chi connectivity index (χ2n) is 7.28. The number of rotatable bonds is 9. The second-order valence-corrected chi connectivity index (χ2v) is 7.28. The molecule has 0 amide bonds. The molecule has 1 aromatic carbocycles. The number of fused-ring (bicyclic) bond motifs is 1. The Morgan fingerprint density at radius 2 is 1.48 bits per heavy atom. The number of ketones is 2. The van der Waals surface area contributed by atoms with Crippen LogP contribution in [-0.4, -0.2) is 33.2 Å². The topological polar surface area (TPSA) is 132 Å². The van der Waals surface area contributed by atoms with Crippen molar-refractivity contribution in [3.63, 3.8) is 0 Å². The highest BCUT2D eigenvalue weighted by atomic mass is 16.3. The Hall–Kier alpha value is -3.00. The summed E-state index contributed by atoms with van der Waals surface area (Å²) in [5.74, 6) is -2.02. The number of Topliss-reactive ketones (excluding diaryl/α,β-unsaturated/α-hetero) is 2. The molecule has 0 saturated carbocycles. The summed E-state index contributed by atoms with van der Waals surface area (Å²) in [4.78, 5) is 54.7. The molecule has 0 aliphatic heterocycles. The largest absolute Gasteiger partial charge is 0.494 e. The van der Waals surface area contributed by atoms with E-state index in [1.807, 2.05) is 4.98 Å². The number of carbonyl (C=O) groups is 2. The number of benzene rings is 1. The van der Waals surface area contributed by atoms with Gasteiger partial charge in [0.2, 0.25) is 5.88 Å². The molecule has 2 aromatic rings. The van der Waals surface area contributed by atoms with Crippen molar-refractivity contribution in [3.8, 4) is 5.88 Å². The maximum Gasteiger partial charge on any atom is 0.328 e. The molecule has 1 aliphatic carbocycles. The first-order valence-electron chi connectivity index (χ1n) is 9.93. The van der Waals surface area contributed by atoms with Crippen LogP contribution in [0.3, 0.4) is 0 Å². The van der Waals surface area contributed by atoms with Gasteiger partial charge in [-0.15, -0.1) is 0 Å². The van der Waals surface area contributed by atoms with Gasteiger partial charge >= 0.3 is 5.69 Å². The first-order valence-corrected chi connectivity index (χ1v) is 9.93. The van der Waals surface area contributed by atoms with Crippen LogP contribution in [0.2, 0.25) is 0 Å². The van der Waals surface area contributed by atoms with E-state index in [1.54, 1.807) is 12.1 Å². The molecular formula is C21H25N3O5. The molecule has 0 unspecified atom stereocenters. The molecule has 1 aromatic heterocycles. The summed E-state index contributed by atoms with van der Waals surface area (Å²) in [5, 5.41) is 13.2. The molecule has 8 nitrogen and oxygen atoms in total. The van der Waals surface area contributed by atoms with Crippen molar-refractivity contribution < 1.29 is 14.7 Å². The van der Waals surface area contributed by atoms with Crippen molar-refractivity contribution in [1.29, 1.82) is 0 Å². The quantitative estimate of drug-likeness (QED) is 0.377. The summed E-state index contributed by atoms with van der Waals surface area (Å²) in [6.45, 7) is 2.43. The van der Waals surface area contributed by atoms with Gasteiger partial charge in [-0.1, -0.05) is 63.3 Å². The van der Waals surface area contributed by atoms with E-state index in [4.69, 9.17) is 0 Å². The van der Waals surface area contributed by atoms with Crippen molar-refractivity contribution in [1.82, 2.24) is 15.3 Å². The van der Waals surface area contributed by atoms with Crippen molar-refractivity contribution >= 4 is 11.6 Å². The van der Waals surface area contributed by atoms with Crippen LogP contribution in [0.1, 0.15) is 71.7 Å². The molecule has 0 fully saturated rings. The van der Waals surface area contributed by atoms with Crippen LogP contribution in [0.15, 0.2) is 33.9 Å². The van der Waals surface area contributed by atoms with Crippen molar-refractivity contribution in [3.05, 3.63) is 61.8 Å². The minimum absolute atomic E-state index is 0.179. The Morgan fingerprint density at radius 1 is 0.897 bits per heavy atom. The van der Waals surface area contributed by atoms with Gasteiger partial charge in [-0.25, -0.2) is 4.79 Å². The highest BCUT2D eigenvalue weighted by molar-refractivity contribution is 6.33. The highest BCUT2D eigenvalue weighted by Crippen LogP contribution is 2.38. The number of unbranched alkanes of at least 4 members (excludes halogenated alkanes) is 5. The Bertz CT molecular complexity index is 1000. The molecule has 4 N–H and O–H groups in total. The van der Waals surface area contributed by atoms with E-state index < -0.39 is 39.8 Å². The number of H-pyrrole nitrogens is 2. The summed E-state index contributed by atoms with van der Waals surface area (Å²) in [7, 11) is 0. The van der Waals surface area contributed by atoms with Gasteiger partial charge in [0, 0.05) is 11.1 Å². The van der Waals surface area contributed by atoms with E-state index in [1.165, 1.54) is 12.1 Å². The molecule has 0 saturated heterocycles. The fourth-order valence-corrected chi connectivity index (χ4v) is 3.87. The number of aromatic hydroxyl groups is 1. The lowest BCUT2D eigenvalue weighted by molar-refractivity contribution is 0.0747. The van der Waals surface area contributed by atoms with E-state index >= 15 is 0 Å². The third kappa shape index (κ3) is 3.67. The van der Waals surface area contributed by atoms with Crippen LogP contribution >= 0.6 is 0 Å². The van der Waals surface area contributed by atoms with E-state index in [9.17, 15) is 24.3 Å². The van der Waals surface area contributed by atoms with Gasteiger partial charge in [0.05, 0.1) is 0 Å². The maximum absolute atomic E-state index is 13.3. The number of aromatic nitrogens is 2. The van der Waals surface area contributed by atoms with Gasteiger partial charge in [0.25, 0.3) is 5.56 Å². The molecule has 8 heteroatoms. The van der Waals surface area contributed by atoms with E-state index in [0.29, 0.717) is 13.0 Å². The van der Waals surface area contributed by atoms with Gasteiger partial charge in [-0.05, 0) is 13.0 Å². The number of aromatic amines is 2. The monoisotopic (exact) mass is 399 g/mol. The molecule has 3 rings (SSSR count). The average molecular weight is 399 g/mol. The summed E-state index contributed by atoms with van der Waals surface area (Å²) in [6, 6.07) is 6.29. The van der Waals surface area contributed by atoms with Crippen LogP contribution in [0.25, 0.3) is 0 Å². The van der Waals surface area contributed by atoms with E-state index in [-0.39, 0.29) is 11.1 Å². The fraction of sp³-hybridized carbons (Fsp3) is 0.429. The lowest BCUT2D eigenvalue weighted by Crippen LogP contribution is -2.55. The molecule has 0 spiro atoms. The molecular weight excluding hydrogens is 374 g/mol. The van der Waals surface area contributed by atoms with Gasteiger partial charge in [-0.2, -0.15) is 0 Å². The van der Waals surface area contributed by atoms with E-state index in [0.717, 1.165) is 32.1 Å². The van der Waals surface area contributed by atoms with Gasteiger partial charge in [0.15, 0.2) is 17.1 Å². The van der Waals surface area contributed by atoms with Crippen molar-refractivity contribution in [2.24, 2.45) is 0 Å². The molecule has 29 heavy (non-hydrogen) atoms. The molecule has 1 heterocycles. The number of hydrogen-bond donors (Lipinski definition) is 4. The maximum atomic E-state index is 13.3. The van der Waals surface area contributed by atoms with E-state index in [2.05, 4.69) is 17.2 Å². The normalized spacial score (nSPS) is 14.9. The summed E-state index contributed by atoms with van der Waals surface area (Å²) in [5.41, 5.74) is -4.08. The minimum Gasteiger partial charge on any atom is -0.494 e. The van der Waals surface area contributed by atoms with Crippen molar-refractivity contribution in [2.45, 2.75) is 51.0 Å². The fourth-order valence-electron chi connectivity index (χ4n) is 3.87. The minimum atomic E-state index is -2.06. The zero-order valence-electron chi connectivity index (χ0n) is 16.3. The van der Waals surface area contributed by atoms with Crippen LogP contribution in [0.4, 0.5) is 0 Å². The van der Waals surface area contributed by atoms with Crippen LogP contribution in [0.5, 0.6) is 5.88 Å². The second kappa shape index (κ2) is 8.57. The Morgan fingerprint density at radius 3 is 2.07 bits per heavy atom. The predicted molar refractivity (Wildman–Crippen MR) is 108 cm³/mol. The zero-order valence-corrected chi connectivity index (χ0v) is 16.3. The van der Waals surface area contributed by atoms with Gasteiger partial charge in [0.1, 0.15) is 5.56 Å². The zero-order chi connectivity index (χ0) is 21.0. The first kappa shape index (κ1) is 20.7. The van der Waals surface area contributed by atoms with Gasteiger partial charge in [-0.3, -0.25) is 29.7 Å². The van der Waals surface area contributed by atoms with Crippen LogP contribution < -0.4 is 16.6 Å². The first-order chi connectivity index (χ1) is 13.9. The average Bonchev–Trinajstić information content (AvgIpc) is 2.89. The Balaban J connectivity index is 1.97. The Kier molecular flexibility index (Phi) is 6.12. The number of carbonyl (C=O) groups excluding carboxylic acids is 2. The molecule has 0 bridgehead atoms. The summed E-state index contributed by atoms with van der Waals surface area (Å²) < 4.78 is 0. The molecule has 0 radical (unpaired) electrons. The third-order valence-electron chi connectivity index (χ3n) is 5.32. The number of nitrogens with one attached hydrogen (secondary N) is 3. The SMILES string of the molecule is CCCCCCCCNC1(c2c(O)[nH]c(=O)[nH]c2=O)C(=O)c2ccccc2C1=O. The highest BCUT2D eigenvalue weighted by Gasteiger charge is 2.56. The van der Waals surface area contributed by atoms with Crippen LogP contribution in [-0.2, 0) is 5.54 Å². The Labute approximate surface area is 167 Å².